The molecule has 0 saturated carbocycles. The first kappa shape index (κ1) is 27.0. The highest BCUT2D eigenvalue weighted by atomic mass is 19.1. The highest BCUT2D eigenvalue weighted by Gasteiger charge is 2.44. The molecule has 2 rings (SSSR count). The Balaban J connectivity index is 2.28. The zero-order valence-electron chi connectivity index (χ0n) is 19.8. The fourth-order valence-corrected chi connectivity index (χ4v) is 3.60. The molecule has 1 aromatic rings. The van der Waals surface area contributed by atoms with Gasteiger partial charge >= 0.3 is 6.09 Å². The Labute approximate surface area is 196 Å². The second-order valence-corrected chi connectivity index (χ2v) is 9.47. The maximum Gasteiger partial charge on any atom is 0.407 e. The number of likely N-dealkylation sites (N-methyl/N-ethyl adjacent to an activating group) is 1. The summed E-state index contributed by atoms with van der Waals surface area (Å²) in [6.45, 7) is 6.45. The van der Waals surface area contributed by atoms with Gasteiger partial charge in [-0.2, -0.15) is 0 Å². The van der Waals surface area contributed by atoms with Gasteiger partial charge in [0.1, 0.15) is 35.4 Å². The van der Waals surface area contributed by atoms with Crippen LogP contribution in [0.1, 0.15) is 34.1 Å². The summed E-state index contributed by atoms with van der Waals surface area (Å²) >= 11 is 0. The Morgan fingerprint density at radius 3 is 2.26 bits per heavy atom. The lowest BCUT2D eigenvalue weighted by Gasteiger charge is -2.36. The summed E-state index contributed by atoms with van der Waals surface area (Å²) in [6.07, 6.45) is -1.26. The van der Waals surface area contributed by atoms with Gasteiger partial charge in [0, 0.05) is 19.6 Å². The molecule has 0 aliphatic carbocycles. The van der Waals surface area contributed by atoms with Crippen molar-refractivity contribution in [3.63, 3.8) is 0 Å². The molecule has 0 bridgehead atoms. The molecule has 4 amide bonds. The summed E-state index contributed by atoms with van der Waals surface area (Å²) in [7, 11) is 1.22. The van der Waals surface area contributed by atoms with Crippen molar-refractivity contribution in [3.8, 4) is 0 Å². The van der Waals surface area contributed by atoms with Gasteiger partial charge in [0.15, 0.2) is 0 Å². The smallest absolute Gasteiger partial charge is 0.407 e. The number of carbonyl (C=O) groups excluding carboxylic acids is 3. The van der Waals surface area contributed by atoms with E-state index in [1.807, 2.05) is 0 Å². The fraction of sp³-hybridized carbons (Fsp3) is 0.545. The van der Waals surface area contributed by atoms with Crippen LogP contribution in [0.4, 0.5) is 19.3 Å². The molecule has 5 N–H and O–H groups in total. The maximum atomic E-state index is 14.0. The number of anilines is 1. The Morgan fingerprint density at radius 1 is 1.21 bits per heavy atom. The molecule has 10 nitrogen and oxygen atoms in total. The Kier molecular flexibility index (Phi) is 8.19. The lowest BCUT2D eigenvalue weighted by Crippen LogP contribution is -2.59. The lowest BCUT2D eigenvalue weighted by atomic mass is 9.85. The molecule has 1 aromatic carbocycles. The van der Waals surface area contributed by atoms with Crippen LogP contribution in [0.5, 0.6) is 0 Å². The van der Waals surface area contributed by atoms with Crippen LogP contribution in [0.2, 0.25) is 0 Å². The van der Waals surface area contributed by atoms with Crippen LogP contribution in [0, 0.1) is 17.0 Å². The number of carboxylic acid groups (broad SMARTS) is 1. The number of nitrogens with one attached hydrogen (secondary N) is 2. The first-order valence-electron chi connectivity index (χ1n) is 10.7. The summed E-state index contributed by atoms with van der Waals surface area (Å²) in [6, 6.07) is -0.776. The van der Waals surface area contributed by atoms with E-state index in [0.29, 0.717) is 0 Å². The molecule has 12 heteroatoms. The van der Waals surface area contributed by atoms with E-state index >= 15 is 0 Å². The molecule has 0 unspecified atom stereocenters. The first-order chi connectivity index (χ1) is 15.6. The number of amides is 4. The minimum absolute atomic E-state index is 0.0102. The molecule has 34 heavy (non-hydrogen) atoms. The first-order valence-corrected chi connectivity index (χ1v) is 10.7. The van der Waals surface area contributed by atoms with E-state index < -0.39 is 70.7 Å². The van der Waals surface area contributed by atoms with Crippen molar-refractivity contribution in [2.75, 3.05) is 18.9 Å². The van der Waals surface area contributed by atoms with E-state index in [-0.39, 0.29) is 13.0 Å². The van der Waals surface area contributed by atoms with Gasteiger partial charge in [-0.3, -0.25) is 19.3 Å². The Bertz CT molecular complexity index is 947. The third-order valence-electron chi connectivity index (χ3n) is 5.79. The normalized spacial score (nSPS) is 19.8. The number of hydrogen-bond donors (Lipinski definition) is 4. The van der Waals surface area contributed by atoms with Crippen LogP contribution >= 0.6 is 0 Å². The number of halogens is 2. The van der Waals surface area contributed by atoms with Crippen molar-refractivity contribution in [2.45, 2.75) is 58.3 Å². The predicted molar refractivity (Wildman–Crippen MR) is 120 cm³/mol. The average molecular weight is 484 g/mol. The van der Waals surface area contributed by atoms with Gasteiger partial charge in [0.05, 0.1) is 0 Å². The summed E-state index contributed by atoms with van der Waals surface area (Å²) < 4.78 is 28.0. The molecule has 1 fully saturated rings. The van der Waals surface area contributed by atoms with Crippen molar-refractivity contribution in [1.29, 1.82) is 0 Å². The zero-order valence-corrected chi connectivity index (χ0v) is 19.8. The van der Waals surface area contributed by atoms with E-state index in [9.17, 15) is 28.0 Å². The molecule has 188 valence electrons. The van der Waals surface area contributed by atoms with Crippen LogP contribution in [-0.2, 0) is 14.4 Å². The fourth-order valence-electron chi connectivity index (χ4n) is 3.60. The van der Waals surface area contributed by atoms with E-state index in [2.05, 4.69) is 10.6 Å². The van der Waals surface area contributed by atoms with Crippen LogP contribution in [0.3, 0.4) is 0 Å². The topological polar surface area (TPSA) is 145 Å². The van der Waals surface area contributed by atoms with Gasteiger partial charge in [0.25, 0.3) is 0 Å². The summed E-state index contributed by atoms with van der Waals surface area (Å²) in [5.41, 5.74) is 4.54. The number of nitrogens with two attached hydrogens (primary N) is 1. The molecule has 1 heterocycles. The number of rotatable bonds is 6. The van der Waals surface area contributed by atoms with Gasteiger partial charge < -0.3 is 26.4 Å². The molecule has 4 atom stereocenters. The summed E-state index contributed by atoms with van der Waals surface area (Å²) in [5, 5.41) is 13.9. The van der Waals surface area contributed by atoms with E-state index in [1.165, 1.54) is 18.9 Å². The highest BCUT2D eigenvalue weighted by molar-refractivity contribution is 5.99. The molecular weight excluding hydrogens is 452 g/mol. The van der Waals surface area contributed by atoms with Crippen LogP contribution in [0.25, 0.3) is 0 Å². The SMILES string of the molecule is C[C@@H](C(=O)N[C@H](C(=O)N1C[C@@H](N)C[C@H]1C(=O)Nc1c(F)cccc1F)C(C)(C)C)N(C)C(=O)O. The monoisotopic (exact) mass is 483 g/mol. The summed E-state index contributed by atoms with van der Waals surface area (Å²) in [5.74, 6) is -4.07. The standard InChI is InChI=1S/C22H31F2N5O5/c1-11(28(5)21(33)34)18(30)27-17(22(2,3)4)20(32)29-10-12(25)9-15(29)19(31)26-16-13(23)7-6-8-14(16)24/h6-8,11-12,15,17H,9-10,25H2,1-5H3,(H,26,31)(H,27,30)(H,33,34)/t11-,12-,15-,17+/m0/s1. The second kappa shape index (κ2) is 10.3. The van der Waals surface area contributed by atoms with Gasteiger partial charge in [-0.05, 0) is 30.9 Å². The van der Waals surface area contributed by atoms with Crippen LogP contribution in [-0.4, -0.2) is 76.5 Å². The molecule has 0 aromatic heterocycles. The number of benzene rings is 1. The largest absolute Gasteiger partial charge is 0.465 e. The molecule has 0 radical (unpaired) electrons. The van der Waals surface area contributed by atoms with Crippen molar-refractivity contribution in [3.05, 3.63) is 29.8 Å². The maximum absolute atomic E-state index is 14.0. The van der Waals surface area contributed by atoms with Crippen LogP contribution in [0.15, 0.2) is 18.2 Å². The Morgan fingerprint density at radius 2 is 1.76 bits per heavy atom. The van der Waals surface area contributed by atoms with Gasteiger partial charge in [0.2, 0.25) is 17.7 Å². The number of likely N-dealkylation sites (tertiary alicyclic amines) is 1. The molecule has 1 aliphatic heterocycles. The second-order valence-electron chi connectivity index (χ2n) is 9.47. The quantitative estimate of drug-likeness (QED) is 0.481. The predicted octanol–water partition coefficient (Wildman–Crippen LogP) is 1.36. The van der Waals surface area contributed by atoms with E-state index in [4.69, 9.17) is 10.8 Å². The number of carbonyl (C=O) groups is 4. The zero-order chi connectivity index (χ0) is 26.0. The van der Waals surface area contributed by atoms with Gasteiger partial charge in [-0.1, -0.05) is 26.8 Å². The molecule has 1 saturated heterocycles. The van der Waals surface area contributed by atoms with Crippen LogP contribution < -0.4 is 16.4 Å². The van der Waals surface area contributed by atoms with E-state index in [1.54, 1.807) is 20.8 Å². The highest BCUT2D eigenvalue weighted by Crippen LogP contribution is 2.27. The minimum atomic E-state index is -1.32. The van der Waals surface area contributed by atoms with Crippen molar-refractivity contribution >= 4 is 29.5 Å². The van der Waals surface area contributed by atoms with Crippen molar-refractivity contribution in [2.24, 2.45) is 11.1 Å². The Hall–Kier alpha value is -3.28. The van der Waals surface area contributed by atoms with Gasteiger partial charge in [-0.25, -0.2) is 13.6 Å². The molecular formula is C22H31F2N5O5. The van der Waals surface area contributed by atoms with Crippen molar-refractivity contribution < 1.29 is 33.1 Å². The van der Waals surface area contributed by atoms with Crippen molar-refractivity contribution in [1.82, 2.24) is 15.1 Å². The van der Waals surface area contributed by atoms with Gasteiger partial charge in [-0.15, -0.1) is 0 Å². The average Bonchev–Trinajstić information content (AvgIpc) is 3.13. The number of para-hydroxylation sites is 1. The number of nitrogens with zero attached hydrogens (tertiary/aromatic N) is 2. The minimum Gasteiger partial charge on any atom is -0.465 e. The third kappa shape index (κ3) is 5.99. The number of hydrogen-bond acceptors (Lipinski definition) is 5. The summed E-state index contributed by atoms with van der Waals surface area (Å²) in [4.78, 5) is 52.2. The molecule has 1 aliphatic rings. The lowest BCUT2D eigenvalue weighted by molar-refractivity contribution is -0.143. The molecule has 0 spiro atoms. The van der Waals surface area contributed by atoms with E-state index in [0.717, 1.165) is 23.1 Å². The third-order valence-corrected chi connectivity index (χ3v) is 5.79.